The molecule has 0 atom stereocenters. The van der Waals surface area contributed by atoms with Crippen molar-refractivity contribution >= 4 is 17.5 Å². The van der Waals surface area contributed by atoms with Gasteiger partial charge in [0.1, 0.15) is 0 Å². The third-order valence-electron chi connectivity index (χ3n) is 5.56. The number of nitrogens with one attached hydrogen (secondary N) is 1. The van der Waals surface area contributed by atoms with Gasteiger partial charge in [0, 0.05) is 36.0 Å². The maximum atomic E-state index is 12.9. The van der Waals surface area contributed by atoms with E-state index in [4.69, 9.17) is 0 Å². The third kappa shape index (κ3) is 4.27. The van der Waals surface area contributed by atoms with E-state index in [9.17, 15) is 9.59 Å². The van der Waals surface area contributed by atoms with Gasteiger partial charge in [-0.3, -0.25) is 9.59 Å². The van der Waals surface area contributed by atoms with E-state index < -0.39 is 0 Å². The van der Waals surface area contributed by atoms with Crippen LogP contribution in [0.3, 0.4) is 0 Å². The van der Waals surface area contributed by atoms with Crippen LogP contribution in [-0.4, -0.2) is 39.6 Å². The molecule has 1 saturated heterocycles. The number of carbonyl (C=O) groups is 2. The molecule has 2 aromatic carbocycles. The van der Waals surface area contributed by atoms with Crippen LogP contribution in [0.5, 0.6) is 0 Å². The number of rotatable bonds is 4. The Morgan fingerprint density at radius 2 is 1.63 bits per heavy atom. The van der Waals surface area contributed by atoms with Gasteiger partial charge in [-0.15, -0.1) is 0 Å². The van der Waals surface area contributed by atoms with Crippen LogP contribution < -0.4 is 5.32 Å². The van der Waals surface area contributed by atoms with Gasteiger partial charge in [-0.1, -0.05) is 18.2 Å². The van der Waals surface area contributed by atoms with Crippen molar-refractivity contribution in [1.29, 1.82) is 0 Å². The summed E-state index contributed by atoms with van der Waals surface area (Å²) in [5.41, 5.74) is 4.43. The first-order chi connectivity index (χ1) is 14.5. The van der Waals surface area contributed by atoms with E-state index in [0.717, 1.165) is 22.8 Å². The minimum absolute atomic E-state index is 0.0110. The molecule has 6 nitrogen and oxygen atoms in total. The molecule has 0 aliphatic carbocycles. The van der Waals surface area contributed by atoms with E-state index in [0.29, 0.717) is 31.5 Å². The highest BCUT2D eigenvalue weighted by Gasteiger charge is 2.28. The summed E-state index contributed by atoms with van der Waals surface area (Å²) in [5.74, 6) is -0.0259. The first kappa shape index (κ1) is 19.9. The molecule has 30 heavy (non-hydrogen) atoms. The van der Waals surface area contributed by atoms with E-state index in [1.165, 1.54) is 0 Å². The van der Waals surface area contributed by atoms with E-state index in [-0.39, 0.29) is 17.7 Å². The molecule has 1 aliphatic heterocycles. The Hall–Kier alpha value is -3.41. The lowest BCUT2D eigenvalue weighted by Gasteiger charge is -2.31. The fourth-order valence-corrected chi connectivity index (χ4v) is 3.93. The summed E-state index contributed by atoms with van der Waals surface area (Å²) in [6.45, 7) is 5.15. The van der Waals surface area contributed by atoms with Gasteiger partial charge in [0.05, 0.1) is 11.4 Å². The van der Waals surface area contributed by atoms with Crippen molar-refractivity contribution in [3.8, 4) is 5.69 Å². The predicted octanol–water partition coefficient (Wildman–Crippen LogP) is 3.98. The number of para-hydroxylation sites is 1. The molecule has 0 unspecified atom stereocenters. The number of piperidine rings is 1. The normalized spacial score (nSPS) is 14.5. The van der Waals surface area contributed by atoms with Crippen molar-refractivity contribution < 1.29 is 9.59 Å². The average molecular weight is 402 g/mol. The van der Waals surface area contributed by atoms with Crippen LogP contribution in [0.1, 0.15) is 34.6 Å². The first-order valence-corrected chi connectivity index (χ1v) is 10.3. The number of hydrogen-bond donors (Lipinski definition) is 1. The Morgan fingerprint density at radius 3 is 2.23 bits per heavy atom. The van der Waals surface area contributed by atoms with Crippen LogP contribution in [0.25, 0.3) is 5.69 Å². The van der Waals surface area contributed by atoms with Gasteiger partial charge >= 0.3 is 0 Å². The highest BCUT2D eigenvalue weighted by Crippen LogP contribution is 2.22. The van der Waals surface area contributed by atoms with Crippen LogP contribution in [0, 0.1) is 19.8 Å². The van der Waals surface area contributed by atoms with Crippen LogP contribution >= 0.6 is 0 Å². The zero-order chi connectivity index (χ0) is 21.1. The van der Waals surface area contributed by atoms with Gasteiger partial charge in [-0.25, -0.2) is 4.68 Å². The molecule has 4 rings (SSSR count). The minimum atomic E-state index is -0.0670. The molecule has 1 fully saturated rings. The summed E-state index contributed by atoms with van der Waals surface area (Å²) >= 11 is 0. The summed E-state index contributed by atoms with van der Waals surface area (Å²) < 4.78 is 1.88. The molecular formula is C24H26N4O2. The number of likely N-dealkylation sites (tertiary alicyclic amines) is 1. The molecule has 1 N–H and O–H groups in total. The summed E-state index contributed by atoms with van der Waals surface area (Å²) in [7, 11) is 0. The maximum Gasteiger partial charge on any atom is 0.253 e. The monoisotopic (exact) mass is 402 g/mol. The quantitative estimate of drug-likeness (QED) is 0.718. The second-order valence-corrected chi connectivity index (χ2v) is 7.81. The van der Waals surface area contributed by atoms with E-state index in [1.54, 1.807) is 0 Å². The molecule has 2 amide bonds. The summed E-state index contributed by atoms with van der Waals surface area (Å²) in [4.78, 5) is 27.2. The largest absolute Gasteiger partial charge is 0.339 e. The lowest BCUT2D eigenvalue weighted by molar-refractivity contribution is -0.121. The second kappa shape index (κ2) is 8.53. The lowest BCUT2D eigenvalue weighted by Crippen LogP contribution is -2.41. The number of carbonyl (C=O) groups excluding carboxylic acids is 2. The molecule has 2 heterocycles. The molecule has 0 saturated carbocycles. The zero-order valence-corrected chi connectivity index (χ0v) is 17.3. The van der Waals surface area contributed by atoms with E-state index in [1.807, 2.05) is 84.1 Å². The summed E-state index contributed by atoms with van der Waals surface area (Å²) in [6, 6.07) is 19.1. The number of aryl methyl sites for hydroxylation is 2. The average Bonchev–Trinajstić information content (AvgIpc) is 3.12. The maximum absolute atomic E-state index is 12.9. The Balaban J connectivity index is 1.35. The Morgan fingerprint density at radius 1 is 0.967 bits per heavy atom. The van der Waals surface area contributed by atoms with Crippen LogP contribution in [0.15, 0.2) is 60.7 Å². The van der Waals surface area contributed by atoms with Gasteiger partial charge < -0.3 is 10.2 Å². The van der Waals surface area contributed by atoms with Crippen molar-refractivity contribution in [2.75, 3.05) is 18.4 Å². The Kier molecular flexibility index (Phi) is 5.65. The Bertz CT molecular complexity index is 1030. The van der Waals surface area contributed by atoms with Crippen molar-refractivity contribution in [3.63, 3.8) is 0 Å². The first-order valence-electron chi connectivity index (χ1n) is 10.3. The number of anilines is 1. The molecule has 0 spiro atoms. The van der Waals surface area contributed by atoms with Gasteiger partial charge in [-0.2, -0.15) is 5.10 Å². The smallest absolute Gasteiger partial charge is 0.253 e. The van der Waals surface area contributed by atoms with E-state index in [2.05, 4.69) is 10.4 Å². The van der Waals surface area contributed by atoms with E-state index >= 15 is 0 Å². The molecule has 0 bridgehead atoms. The van der Waals surface area contributed by atoms with Crippen molar-refractivity contribution in [2.24, 2.45) is 5.92 Å². The number of aromatic nitrogens is 2. The lowest BCUT2D eigenvalue weighted by atomic mass is 9.95. The zero-order valence-electron chi connectivity index (χ0n) is 17.3. The number of hydrogen-bond acceptors (Lipinski definition) is 3. The topological polar surface area (TPSA) is 67.2 Å². The number of nitrogens with zero attached hydrogens (tertiary/aromatic N) is 3. The summed E-state index contributed by atoms with van der Waals surface area (Å²) in [5, 5.41) is 7.45. The van der Waals surface area contributed by atoms with Crippen molar-refractivity contribution in [3.05, 3.63) is 77.6 Å². The highest BCUT2D eigenvalue weighted by molar-refractivity contribution is 5.95. The fourth-order valence-electron chi connectivity index (χ4n) is 3.93. The standard InChI is InChI=1S/C24H26N4O2/c1-17-16-18(2)28(26-17)22-10-8-20(9-11-22)24(30)27-14-12-19(13-15-27)23(29)25-21-6-4-3-5-7-21/h3-11,16,19H,12-15H2,1-2H3,(H,25,29). The third-order valence-corrected chi connectivity index (χ3v) is 5.56. The Labute approximate surface area is 176 Å². The molecule has 0 radical (unpaired) electrons. The SMILES string of the molecule is Cc1cc(C)n(-c2ccc(C(=O)N3CCC(C(=O)Nc4ccccc4)CC3)cc2)n1. The van der Waals surface area contributed by atoms with Gasteiger partial charge in [0.2, 0.25) is 5.91 Å². The molecule has 1 aromatic heterocycles. The second-order valence-electron chi connectivity index (χ2n) is 7.81. The van der Waals surface area contributed by atoms with Gasteiger partial charge in [0.15, 0.2) is 0 Å². The van der Waals surface area contributed by atoms with Gasteiger partial charge in [-0.05, 0) is 69.2 Å². The van der Waals surface area contributed by atoms with Gasteiger partial charge in [0.25, 0.3) is 5.91 Å². The fraction of sp³-hybridized carbons (Fsp3) is 0.292. The van der Waals surface area contributed by atoms with Crippen LogP contribution in [-0.2, 0) is 4.79 Å². The minimum Gasteiger partial charge on any atom is -0.339 e. The molecule has 3 aromatic rings. The number of benzene rings is 2. The molecule has 1 aliphatic rings. The molecule has 6 heteroatoms. The van der Waals surface area contributed by atoms with Crippen LogP contribution in [0.4, 0.5) is 5.69 Å². The highest BCUT2D eigenvalue weighted by atomic mass is 16.2. The van der Waals surface area contributed by atoms with Crippen LogP contribution in [0.2, 0.25) is 0 Å². The summed E-state index contributed by atoms with van der Waals surface area (Å²) in [6.07, 6.45) is 1.35. The molecular weight excluding hydrogens is 376 g/mol. The predicted molar refractivity (Wildman–Crippen MR) is 117 cm³/mol. The number of amides is 2. The molecule has 154 valence electrons. The van der Waals surface area contributed by atoms with Crippen molar-refractivity contribution in [1.82, 2.24) is 14.7 Å². The van der Waals surface area contributed by atoms with Crippen molar-refractivity contribution in [2.45, 2.75) is 26.7 Å².